The first-order valence-electron chi connectivity index (χ1n) is 11.2. The third kappa shape index (κ3) is 3.49. The Bertz CT molecular complexity index is 1390. The Morgan fingerprint density at radius 3 is 2.70 bits per heavy atom. The van der Waals surface area contributed by atoms with Crippen molar-refractivity contribution >= 4 is 10.9 Å². The van der Waals surface area contributed by atoms with Crippen LogP contribution in [0.15, 0.2) is 85.6 Å². The number of benzene rings is 1. The van der Waals surface area contributed by atoms with Crippen molar-refractivity contribution in [2.45, 2.75) is 19.0 Å². The molecule has 0 unspecified atom stereocenters. The van der Waals surface area contributed by atoms with Crippen LogP contribution in [0.5, 0.6) is 5.75 Å². The molecule has 0 spiro atoms. The number of fused-ring (bicyclic) bond motifs is 3. The maximum Gasteiger partial charge on any atom is 0.119 e. The summed E-state index contributed by atoms with van der Waals surface area (Å²) in [6.45, 7) is 1.77. The number of ether oxygens (including phenoxy) is 1. The van der Waals surface area contributed by atoms with Crippen LogP contribution in [0, 0.1) is 0 Å². The summed E-state index contributed by atoms with van der Waals surface area (Å²) in [6, 6.07) is 18.9. The molecule has 0 radical (unpaired) electrons. The van der Waals surface area contributed by atoms with Crippen molar-refractivity contribution in [1.29, 1.82) is 0 Å². The van der Waals surface area contributed by atoms with Crippen LogP contribution in [0.3, 0.4) is 0 Å². The molecule has 4 aromatic heterocycles. The Hall–Kier alpha value is -3.90. The Morgan fingerprint density at radius 2 is 1.91 bits per heavy atom. The van der Waals surface area contributed by atoms with Crippen molar-refractivity contribution in [1.82, 2.24) is 24.4 Å². The van der Waals surface area contributed by atoms with E-state index in [0.717, 1.165) is 36.5 Å². The number of methoxy groups -OCH3 is 1. The molecule has 0 bridgehead atoms. The van der Waals surface area contributed by atoms with Gasteiger partial charge in [0.1, 0.15) is 5.75 Å². The van der Waals surface area contributed by atoms with Gasteiger partial charge in [-0.2, -0.15) is 0 Å². The zero-order valence-electron chi connectivity index (χ0n) is 18.5. The quantitative estimate of drug-likeness (QED) is 0.426. The first kappa shape index (κ1) is 19.8. The number of aromatic amines is 1. The lowest BCUT2D eigenvalue weighted by Crippen LogP contribution is -2.36. The summed E-state index contributed by atoms with van der Waals surface area (Å²) < 4.78 is 7.72. The summed E-state index contributed by atoms with van der Waals surface area (Å²) in [5, 5.41) is 1.25. The van der Waals surface area contributed by atoms with Gasteiger partial charge in [0, 0.05) is 60.2 Å². The summed E-state index contributed by atoms with van der Waals surface area (Å²) >= 11 is 0. The molecular formula is C27H25N5O. The molecule has 0 fully saturated rings. The average molecular weight is 436 g/mol. The summed E-state index contributed by atoms with van der Waals surface area (Å²) in [5.74, 6) is 0.888. The van der Waals surface area contributed by atoms with Gasteiger partial charge in [-0.15, -0.1) is 0 Å². The van der Waals surface area contributed by atoms with Crippen LogP contribution < -0.4 is 4.74 Å². The van der Waals surface area contributed by atoms with E-state index in [-0.39, 0.29) is 6.04 Å². The molecule has 6 nitrogen and oxygen atoms in total. The number of hydrogen-bond acceptors (Lipinski definition) is 4. The first-order chi connectivity index (χ1) is 16.3. The van der Waals surface area contributed by atoms with Gasteiger partial charge in [-0.05, 0) is 66.1 Å². The number of nitrogens with zero attached hydrogens (tertiary/aromatic N) is 4. The van der Waals surface area contributed by atoms with E-state index in [1.807, 2.05) is 43.0 Å². The smallest absolute Gasteiger partial charge is 0.119 e. The highest BCUT2D eigenvalue weighted by molar-refractivity contribution is 5.86. The van der Waals surface area contributed by atoms with Crippen molar-refractivity contribution in [3.05, 3.63) is 108 Å². The number of rotatable bonds is 5. The van der Waals surface area contributed by atoms with Crippen LogP contribution in [0.25, 0.3) is 16.6 Å². The SMILES string of the molecule is COc1ccc2[nH]c3c(c2c1)CCN(Cc1cccn1-c1cccnc1)[C@H]3c1cccnc1. The van der Waals surface area contributed by atoms with Gasteiger partial charge in [0.25, 0.3) is 0 Å². The maximum atomic E-state index is 5.50. The summed E-state index contributed by atoms with van der Waals surface area (Å²) in [4.78, 5) is 15.0. The molecule has 0 aliphatic carbocycles. The van der Waals surface area contributed by atoms with Crippen LogP contribution in [0.1, 0.15) is 28.6 Å². The fraction of sp³-hybridized carbons (Fsp3) is 0.185. The Balaban J connectivity index is 1.43. The second-order valence-corrected chi connectivity index (χ2v) is 8.42. The van der Waals surface area contributed by atoms with Crippen molar-refractivity contribution in [3.63, 3.8) is 0 Å². The summed E-state index contributed by atoms with van der Waals surface area (Å²) in [6.07, 6.45) is 10.6. The molecule has 0 amide bonds. The number of pyridine rings is 2. The molecule has 164 valence electrons. The lowest BCUT2D eigenvalue weighted by molar-refractivity contribution is 0.198. The summed E-state index contributed by atoms with van der Waals surface area (Å²) in [7, 11) is 1.72. The van der Waals surface area contributed by atoms with Gasteiger partial charge in [-0.3, -0.25) is 14.9 Å². The standard InChI is InChI=1S/C27H25N5O/c1-33-22-8-9-25-24(15-22)23-10-14-31(27(26(23)30-25)19-5-2-11-28-16-19)18-21-7-4-13-32(21)20-6-3-12-29-17-20/h2-9,11-13,15-17,27,30H,10,14,18H2,1H3/t27-/m0/s1. The van der Waals surface area contributed by atoms with E-state index in [1.165, 1.54) is 27.9 Å². The molecule has 1 aliphatic rings. The molecule has 0 saturated heterocycles. The van der Waals surface area contributed by atoms with Gasteiger partial charge in [-0.1, -0.05) is 6.07 Å². The van der Waals surface area contributed by atoms with Crippen molar-refractivity contribution in [2.75, 3.05) is 13.7 Å². The predicted octanol–water partition coefficient (Wildman–Crippen LogP) is 4.90. The zero-order valence-corrected chi connectivity index (χ0v) is 18.5. The van der Waals surface area contributed by atoms with Gasteiger partial charge in [0.2, 0.25) is 0 Å². The zero-order chi connectivity index (χ0) is 22.2. The van der Waals surface area contributed by atoms with Crippen molar-refractivity contribution in [2.24, 2.45) is 0 Å². The van der Waals surface area contributed by atoms with Crippen molar-refractivity contribution in [3.8, 4) is 11.4 Å². The average Bonchev–Trinajstić information content (AvgIpc) is 3.49. The third-order valence-corrected chi connectivity index (χ3v) is 6.56. The van der Waals surface area contributed by atoms with Crippen LogP contribution in [-0.4, -0.2) is 38.1 Å². The van der Waals surface area contributed by atoms with E-state index in [9.17, 15) is 0 Å². The molecule has 6 heteroatoms. The van der Waals surface area contributed by atoms with Crippen molar-refractivity contribution < 1.29 is 4.74 Å². The maximum absolute atomic E-state index is 5.50. The minimum atomic E-state index is 0.0955. The predicted molar refractivity (Wildman–Crippen MR) is 129 cm³/mol. The fourth-order valence-electron chi connectivity index (χ4n) is 5.03. The van der Waals surface area contributed by atoms with Gasteiger partial charge in [-0.25, -0.2) is 0 Å². The largest absolute Gasteiger partial charge is 0.497 e. The minimum Gasteiger partial charge on any atom is -0.497 e. The van der Waals surface area contributed by atoms with Crippen LogP contribution >= 0.6 is 0 Å². The van der Waals surface area contributed by atoms with Gasteiger partial charge < -0.3 is 14.3 Å². The van der Waals surface area contributed by atoms with E-state index in [2.05, 4.69) is 67.0 Å². The summed E-state index contributed by atoms with van der Waals surface area (Å²) in [5.41, 5.74) is 7.27. The van der Waals surface area contributed by atoms with E-state index < -0.39 is 0 Å². The van der Waals surface area contributed by atoms with Crippen LogP contribution in [0.4, 0.5) is 0 Å². The third-order valence-electron chi connectivity index (χ3n) is 6.56. The van der Waals surface area contributed by atoms with Gasteiger partial charge in [0.05, 0.1) is 25.0 Å². The minimum absolute atomic E-state index is 0.0955. The molecule has 1 atom stereocenters. The molecule has 1 aromatic carbocycles. The lowest BCUT2D eigenvalue weighted by atomic mass is 9.93. The molecule has 5 aromatic rings. The Morgan fingerprint density at radius 1 is 1.03 bits per heavy atom. The molecule has 0 saturated carbocycles. The monoisotopic (exact) mass is 435 g/mol. The van der Waals surface area contributed by atoms with E-state index >= 15 is 0 Å². The van der Waals surface area contributed by atoms with Gasteiger partial charge in [0.15, 0.2) is 0 Å². The molecule has 6 rings (SSSR count). The first-order valence-corrected chi connectivity index (χ1v) is 11.2. The number of aromatic nitrogens is 4. The molecule has 33 heavy (non-hydrogen) atoms. The van der Waals surface area contributed by atoms with Gasteiger partial charge >= 0.3 is 0 Å². The molecule has 1 aliphatic heterocycles. The van der Waals surface area contributed by atoms with E-state index in [4.69, 9.17) is 4.74 Å². The normalized spacial score (nSPS) is 16.1. The number of hydrogen-bond donors (Lipinski definition) is 1. The Labute approximate surface area is 192 Å². The lowest BCUT2D eigenvalue weighted by Gasteiger charge is -2.36. The topological polar surface area (TPSA) is 59.0 Å². The second kappa shape index (κ2) is 8.22. The van der Waals surface area contributed by atoms with E-state index in [0.29, 0.717) is 0 Å². The Kier molecular flexibility index (Phi) is 4.92. The number of H-pyrrole nitrogens is 1. The number of nitrogens with one attached hydrogen (secondary N) is 1. The molecular weight excluding hydrogens is 410 g/mol. The van der Waals surface area contributed by atoms with E-state index in [1.54, 1.807) is 7.11 Å². The van der Waals surface area contributed by atoms with Crippen LogP contribution in [-0.2, 0) is 13.0 Å². The second-order valence-electron chi connectivity index (χ2n) is 8.42. The fourth-order valence-corrected chi connectivity index (χ4v) is 5.03. The highest BCUT2D eigenvalue weighted by Crippen LogP contribution is 2.39. The van der Waals surface area contributed by atoms with Crippen LogP contribution in [0.2, 0.25) is 0 Å². The highest BCUT2D eigenvalue weighted by atomic mass is 16.5. The molecule has 1 N–H and O–H groups in total. The molecule has 5 heterocycles. The highest BCUT2D eigenvalue weighted by Gasteiger charge is 2.32.